The number of pyridine rings is 1. The number of aromatic nitrogens is 1. The summed E-state index contributed by atoms with van der Waals surface area (Å²) < 4.78 is 1.08. The summed E-state index contributed by atoms with van der Waals surface area (Å²) in [5, 5.41) is 4.48. The Morgan fingerprint density at radius 1 is 1.53 bits per heavy atom. The molecule has 0 fully saturated rings. The number of thioether (sulfide) groups is 1. The minimum atomic E-state index is 0.719. The first kappa shape index (κ1) is 13.0. The minimum Gasteiger partial charge on any atom is -0.316 e. The monoisotopic (exact) mass is 288 g/mol. The van der Waals surface area contributed by atoms with Gasteiger partial charge in [-0.1, -0.05) is 13.8 Å². The number of nitrogens with zero attached hydrogens (tertiary/aromatic N) is 1. The molecule has 0 bridgehead atoms. The Balaban J connectivity index is 2.18. The molecule has 1 aromatic heterocycles. The number of nitrogens with one attached hydrogen (secondary N) is 1. The SMILES string of the molecule is CC(C)CNCCSc1ncccc1Br. The normalized spacial score (nSPS) is 10.9. The molecule has 0 saturated heterocycles. The van der Waals surface area contributed by atoms with E-state index in [1.807, 2.05) is 18.3 Å². The third-order valence-corrected chi connectivity index (χ3v) is 3.70. The van der Waals surface area contributed by atoms with Gasteiger partial charge in [0.05, 0.1) is 0 Å². The largest absolute Gasteiger partial charge is 0.316 e. The lowest BCUT2D eigenvalue weighted by atomic mass is 10.2. The van der Waals surface area contributed by atoms with Gasteiger partial charge in [0, 0.05) is 23.0 Å². The molecule has 1 heterocycles. The van der Waals surface area contributed by atoms with Crippen molar-refractivity contribution in [1.82, 2.24) is 10.3 Å². The van der Waals surface area contributed by atoms with E-state index in [0.717, 1.165) is 34.3 Å². The number of rotatable bonds is 6. The molecule has 15 heavy (non-hydrogen) atoms. The lowest BCUT2D eigenvalue weighted by molar-refractivity contribution is 0.568. The van der Waals surface area contributed by atoms with Crippen molar-refractivity contribution < 1.29 is 0 Å². The summed E-state index contributed by atoms with van der Waals surface area (Å²) in [6.45, 7) is 6.56. The summed E-state index contributed by atoms with van der Waals surface area (Å²) in [5.41, 5.74) is 0. The van der Waals surface area contributed by atoms with Gasteiger partial charge < -0.3 is 5.32 Å². The fourth-order valence-corrected chi connectivity index (χ4v) is 2.47. The standard InChI is InChI=1S/C11H17BrN2S/c1-9(2)8-13-6-7-15-11-10(12)4-3-5-14-11/h3-5,9,13H,6-8H2,1-2H3. The van der Waals surface area contributed by atoms with Gasteiger partial charge in [-0.25, -0.2) is 4.98 Å². The van der Waals surface area contributed by atoms with Crippen molar-refractivity contribution in [2.75, 3.05) is 18.8 Å². The van der Waals surface area contributed by atoms with Gasteiger partial charge in [0.25, 0.3) is 0 Å². The molecule has 0 radical (unpaired) electrons. The van der Waals surface area contributed by atoms with Crippen molar-refractivity contribution in [3.8, 4) is 0 Å². The minimum absolute atomic E-state index is 0.719. The molecule has 1 N–H and O–H groups in total. The predicted octanol–water partition coefficient (Wildman–Crippen LogP) is 3.18. The number of hydrogen-bond acceptors (Lipinski definition) is 3. The van der Waals surface area contributed by atoms with Crippen LogP contribution in [0.3, 0.4) is 0 Å². The summed E-state index contributed by atoms with van der Waals surface area (Å²) >= 11 is 5.26. The van der Waals surface area contributed by atoms with Gasteiger partial charge in [0.1, 0.15) is 5.03 Å². The Bertz CT molecular complexity index is 292. The zero-order valence-corrected chi connectivity index (χ0v) is 11.6. The molecular weight excluding hydrogens is 272 g/mol. The van der Waals surface area contributed by atoms with Gasteiger partial charge in [0.2, 0.25) is 0 Å². The van der Waals surface area contributed by atoms with E-state index in [-0.39, 0.29) is 0 Å². The Kier molecular flexibility index (Phi) is 6.29. The highest BCUT2D eigenvalue weighted by Crippen LogP contribution is 2.23. The maximum Gasteiger partial charge on any atom is 0.110 e. The quantitative estimate of drug-likeness (QED) is 0.643. The molecule has 0 amide bonds. The van der Waals surface area contributed by atoms with Gasteiger partial charge in [-0.15, -0.1) is 11.8 Å². The Labute approximate surface area is 104 Å². The van der Waals surface area contributed by atoms with Gasteiger partial charge in [-0.2, -0.15) is 0 Å². The maximum atomic E-state index is 4.30. The van der Waals surface area contributed by atoms with Gasteiger partial charge in [-0.05, 0) is 40.5 Å². The van der Waals surface area contributed by atoms with Crippen LogP contribution < -0.4 is 5.32 Å². The average molecular weight is 289 g/mol. The Morgan fingerprint density at radius 2 is 2.33 bits per heavy atom. The number of halogens is 1. The van der Waals surface area contributed by atoms with Gasteiger partial charge in [0.15, 0.2) is 0 Å². The Hall–Kier alpha value is -0.0600. The van der Waals surface area contributed by atoms with E-state index >= 15 is 0 Å². The molecule has 2 nitrogen and oxygen atoms in total. The highest BCUT2D eigenvalue weighted by Gasteiger charge is 2.00. The van der Waals surface area contributed by atoms with Crippen molar-refractivity contribution in [3.05, 3.63) is 22.8 Å². The Morgan fingerprint density at radius 3 is 3.00 bits per heavy atom. The van der Waals surface area contributed by atoms with Crippen LogP contribution in [-0.2, 0) is 0 Å². The first-order valence-electron chi connectivity index (χ1n) is 5.14. The molecule has 1 aromatic rings. The van der Waals surface area contributed by atoms with Gasteiger partial charge >= 0.3 is 0 Å². The molecule has 0 spiro atoms. The van der Waals surface area contributed by atoms with E-state index < -0.39 is 0 Å². The predicted molar refractivity (Wildman–Crippen MR) is 70.4 cm³/mol. The average Bonchev–Trinajstić information content (AvgIpc) is 2.20. The molecule has 4 heteroatoms. The highest BCUT2D eigenvalue weighted by molar-refractivity contribution is 9.10. The smallest absolute Gasteiger partial charge is 0.110 e. The lowest BCUT2D eigenvalue weighted by Gasteiger charge is -2.07. The first-order valence-corrected chi connectivity index (χ1v) is 6.92. The molecule has 84 valence electrons. The van der Waals surface area contributed by atoms with E-state index in [4.69, 9.17) is 0 Å². The van der Waals surface area contributed by atoms with Crippen LogP contribution >= 0.6 is 27.7 Å². The molecular formula is C11H17BrN2S. The topological polar surface area (TPSA) is 24.9 Å². The third-order valence-electron chi connectivity index (χ3n) is 1.79. The summed E-state index contributed by atoms with van der Waals surface area (Å²) in [7, 11) is 0. The van der Waals surface area contributed by atoms with Crippen LogP contribution in [0.2, 0.25) is 0 Å². The zero-order chi connectivity index (χ0) is 11.1. The van der Waals surface area contributed by atoms with Crippen molar-refractivity contribution in [2.45, 2.75) is 18.9 Å². The fourth-order valence-electron chi connectivity index (χ4n) is 1.09. The number of hydrogen-bond donors (Lipinski definition) is 1. The summed E-state index contributed by atoms with van der Waals surface area (Å²) in [4.78, 5) is 4.30. The van der Waals surface area contributed by atoms with E-state index in [2.05, 4.69) is 40.1 Å². The molecule has 0 aliphatic carbocycles. The van der Waals surface area contributed by atoms with Crippen molar-refractivity contribution in [1.29, 1.82) is 0 Å². The van der Waals surface area contributed by atoms with Crippen LogP contribution in [0.4, 0.5) is 0 Å². The molecule has 0 unspecified atom stereocenters. The van der Waals surface area contributed by atoms with E-state index in [9.17, 15) is 0 Å². The molecule has 0 atom stereocenters. The van der Waals surface area contributed by atoms with Crippen LogP contribution in [0.5, 0.6) is 0 Å². The molecule has 0 aromatic carbocycles. The van der Waals surface area contributed by atoms with Crippen LogP contribution in [0.1, 0.15) is 13.8 Å². The second-order valence-electron chi connectivity index (χ2n) is 3.74. The van der Waals surface area contributed by atoms with E-state index in [1.54, 1.807) is 11.8 Å². The van der Waals surface area contributed by atoms with Crippen LogP contribution in [-0.4, -0.2) is 23.8 Å². The molecule has 0 aliphatic heterocycles. The summed E-state index contributed by atoms with van der Waals surface area (Å²) in [6.07, 6.45) is 1.83. The second-order valence-corrected chi connectivity index (χ2v) is 5.67. The second kappa shape index (κ2) is 7.25. The van der Waals surface area contributed by atoms with Crippen LogP contribution in [0, 0.1) is 5.92 Å². The van der Waals surface area contributed by atoms with Crippen LogP contribution in [0.25, 0.3) is 0 Å². The summed E-state index contributed by atoms with van der Waals surface area (Å²) in [6, 6.07) is 3.96. The zero-order valence-electron chi connectivity index (χ0n) is 9.16. The van der Waals surface area contributed by atoms with Crippen molar-refractivity contribution >= 4 is 27.7 Å². The molecule has 0 aliphatic rings. The summed E-state index contributed by atoms with van der Waals surface area (Å²) in [5.74, 6) is 1.78. The van der Waals surface area contributed by atoms with E-state index in [0.29, 0.717) is 0 Å². The lowest BCUT2D eigenvalue weighted by Crippen LogP contribution is -2.22. The first-order chi connectivity index (χ1) is 7.20. The fraction of sp³-hybridized carbons (Fsp3) is 0.545. The van der Waals surface area contributed by atoms with Crippen molar-refractivity contribution in [3.63, 3.8) is 0 Å². The molecule has 1 rings (SSSR count). The third kappa shape index (κ3) is 5.54. The highest BCUT2D eigenvalue weighted by atomic mass is 79.9. The van der Waals surface area contributed by atoms with Crippen LogP contribution in [0.15, 0.2) is 27.8 Å². The van der Waals surface area contributed by atoms with Crippen molar-refractivity contribution in [2.24, 2.45) is 5.92 Å². The maximum absolute atomic E-state index is 4.30. The van der Waals surface area contributed by atoms with Gasteiger partial charge in [-0.3, -0.25) is 0 Å². The van der Waals surface area contributed by atoms with E-state index in [1.165, 1.54) is 0 Å². The molecule has 0 saturated carbocycles.